The van der Waals surface area contributed by atoms with Gasteiger partial charge in [-0.3, -0.25) is 4.90 Å². The quantitative estimate of drug-likeness (QED) is 0.885. The summed E-state index contributed by atoms with van der Waals surface area (Å²) in [6.07, 6.45) is -1.27. The van der Waals surface area contributed by atoms with Crippen LogP contribution in [0, 0.1) is 0 Å². The third-order valence-corrected chi connectivity index (χ3v) is 3.10. The first-order chi connectivity index (χ1) is 10.1. The van der Waals surface area contributed by atoms with Crippen molar-refractivity contribution in [1.29, 1.82) is 0 Å². The number of carbonyl (C=O) groups is 2. The number of benzene rings is 2. The summed E-state index contributed by atoms with van der Waals surface area (Å²) in [5.41, 5.74) is 1.17. The van der Waals surface area contributed by atoms with Crippen LogP contribution in [-0.2, 0) is 11.3 Å². The van der Waals surface area contributed by atoms with Crippen LogP contribution in [0.15, 0.2) is 60.7 Å². The maximum atomic E-state index is 11.5. The van der Waals surface area contributed by atoms with Gasteiger partial charge in [0.25, 0.3) is 0 Å². The Kier molecular flexibility index (Phi) is 4.56. The zero-order valence-electron chi connectivity index (χ0n) is 11.2. The fraction of sp³-hybridized carbons (Fsp3) is 0.125. The average molecular weight is 285 g/mol. The molecule has 0 spiro atoms. The molecule has 0 bridgehead atoms. The number of rotatable bonds is 5. The largest absolute Gasteiger partial charge is 0.479 e. The van der Waals surface area contributed by atoms with Gasteiger partial charge < -0.3 is 10.2 Å². The summed E-state index contributed by atoms with van der Waals surface area (Å²) in [6.45, 7) is 0.0159. The van der Waals surface area contributed by atoms with Gasteiger partial charge in [0.05, 0.1) is 6.54 Å². The topological polar surface area (TPSA) is 77.8 Å². The smallest absolute Gasteiger partial charge is 0.408 e. The van der Waals surface area contributed by atoms with Gasteiger partial charge in [-0.25, -0.2) is 9.59 Å². The molecule has 0 aromatic heterocycles. The highest BCUT2D eigenvalue weighted by Crippen LogP contribution is 2.23. The van der Waals surface area contributed by atoms with Crippen molar-refractivity contribution in [2.24, 2.45) is 0 Å². The van der Waals surface area contributed by atoms with Gasteiger partial charge in [0.1, 0.15) is 0 Å². The van der Waals surface area contributed by atoms with Gasteiger partial charge >= 0.3 is 12.1 Å². The highest BCUT2D eigenvalue weighted by molar-refractivity contribution is 5.80. The first kappa shape index (κ1) is 14.6. The molecule has 1 amide bonds. The molecule has 5 heteroatoms. The van der Waals surface area contributed by atoms with E-state index < -0.39 is 18.1 Å². The standard InChI is InChI=1S/C16H15NO4/c18-15(19)14(13-9-5-2-6-10-13)17(16(20)21)11-12-7-3-1-4-8-12/h1-10,14H,11H2,(H,18,19)(H,20,21)/t14-/m0/s1. The normalized spacial score (nSPS) is 11.6. The van der Waals surface area contributed by atoms with E-state index in [1.54, 1.807) is 54.6 Å². The fourth-order valence-corrected chi connectivity index (χ4v) is 2.14. The van der Waals surface area contributed by atoms with E-state index in [9.17, 15) is 19.8 Å². The van der Waals surface area contributed by atoms with Gasteiger partial charge in [-0.1, -0.05) is 60.7 Å². The van der Waals surface area contributed by atoms with Crippen LogP contribution in [0.3, 0.4) is 0 Å². The second-order valence-electron chi connectivity index (χ2n) is 4.55. The number of aliphatic carboxylic acids is 1. The predicted molar refractivity (Wildman–Crippen MR) is 76.8 cm³/mol. The van der Waals surface area contributed by atoms with E-state index >= 15 is 0 Å². The molecule has 1 atom stereocenters. The third kappa shape index (κ3) is 3.60. The van der Waals surface area contributed by atoms with Gasteiger partial charge in [-0.15, -0.1) is 0 Å². The Bertz CT molecular complexity index is 613. The minimum Gasteiger partial charge on any atom is -0.479 e. The van der Waals surface area contributed by atoms with Crippen LogP contribution in [0.5, 0.6) is 0 Å². The summed E-state index contributed by atoms with van der Waals surface area (Å²) in [7, 11) is 0. The first-order valence-electron chi connectivity index (χ1n) is 6.41. The zero-order chi connectivity index (χ0) is 15.2. The molecule has 108 valence electrons. The zero-order valence-corrected chi connectivity index (χ0v) is 11.2. The van der Waals surface area contributed by atoms with E-state index in [-0.39, 0.29) is 6.54 Å². The van der Waals surface area contributed by atoms with Gasteiger partial charge in [-0.05, 0) is 11.1 Å². The molecule has 0 fully saturated rings. The highest BCUT2D eigenvalue weighted by atomic mass is 16.4. The summed E-state index contributed by atoms with van der Waals surface area (Å²) < 4.78 is 0. The van der Waals surface area contributed by atoms with E-state index in [0.29, 0.717) is 5.56 Å². The van der Waals surface area contributed by atoms with E-state index in [4.69, 9.17) is 0 Å². The van der Waals surface area contributed by atoms with Crippen LogP contribution in [0.1, 0.15) is 17.2 Å². The first-order valence-corrected chi connectivity index (χ1v) is 6.41. The van der Waals surface area contributed by atoms with Crippen LogP contribution >= 0.6 is 0 Å². The van der Waals surface area contributed by atoms with E-state index in [1.165, 1.54) is 0 Å². The maximum absolute atomic E-state index is 11.5. The molecule has 0 saturated carbocycles. The van der Waals surface area contributed by atoms with Crippen molar-refractivity contribution in [3.8, 4) is 0 Å². The monoisotopic (exact) mass is 285 g/mol. The van der Waals surface area contributed by atoms with Crippen LogP contribution < -0.4 is 0 Å². The van der Waals surface area contributed by atoms with Gasteiger partial charge in [0.15, 0.2) is 6.04 Å². The number of hydrogen-bond donors (Lipinski definition) is 2. The molecule has 21 heavy (non-hydrogen) atoms. The Balaban J connectivity index is 2.34. The lowest BCUT2D eigenvalue weighted by molar-refractivity contribution is -0.143. The van der Waals surface area contributed by atoms with Gasteiger partial charge in [0.2, 0.25) is 0 Å². The number of carboxylic acid groups (broad SMARTS) is 2. The minimum atomic E-state index is -1.27. The van der Waals surface area contributed by atoms with Gasteiger partial charge in [0, 0.05) is 0 Å². The Morgan fingerprint density at radius 2 is 1.43 bits per heavy atom. The Morgan fingerprint density at radius 1 is 0.905 bits per heavy atom. The minimum absolute atomic E-state index is 0.0159. The van der Waals surface area contributed by atoms with Crippen molar-refractivity contribution in [1.82, 2.24) is 4.90 Å². The second-order valence-corrected chi connectivity index (χ2v) is 4.55. The van der Waals surface area contributed by atoms with Gasteiger partial charge in [-0.2, -0.15) is 0 Å². The van der Waals surface area contributed by atoms with Crippen molar-refractivity contribution in [3.63, 3.8) is 0 Å². The predicted octanol–water partition coefficient (Wildman–Crippen LogP) is 2.99. The van der Waals surface area contributed by atoms with E-state index in [2.05, 4.69) is 0 Å². The van der Waals surface area contributed by atoms with Crippen molar-refractivity contribution in [2.75, 3.05) is 0 Å². The highest BCUT2D eigenvalue weighted by Gasteiger charge is 2.31. The van der Waals surface area contributed by atoms with E-state index in [0.717, 1.165) is 10.5 Å². The average Bonchev–Trinajstić information content (AvgIpc) is 2.48. The third-order valence-electron chi connectivity index (χ3n) is 3.10. The Labute approximate surface area is 122 Å². The van der Waals surface area contributed by atoms with Crippen molar-refractivity contribution >= 4 is 12.1 Å². The Morgan fingerprint density at radius 3 is 1.90 bits per heavy atom. The molecule has 0 unspecified atom stereocenters. The van der Waals surface area contributed by atoms with Crippen LogP contribution in [-0.4, -0.2) is 27.2 Å². The van der Waals surface area contributed by atoms with Crippen molar-refractivity contribution in [3.05, 3.63) is 71.8 Å². The lowest BCUT2D eigenvalue weighted by atomic mass is 10.0. The summed E-state index contributed by atoms with van der Waals surface area (Å²) in [6, 6.07) is 16.0. The Hall–Kier alpha value is -2.82. The molecule has 2 aromatic rings. The van der Waals surface area contributed by atoms with Crippen molar-refractivity contribution < 1.29 is 19.8 Å². The van der Waals surface area contributed by atoms with Crippen LogP contribution in [0.4, 0.5) is 4.79 Å². The lowest BCUT2D eigenvalue weighted by Crippen LogP contribution is -2.37. The molecule has 5 nitrogen and oxygen atoms in total. The molecular weight excluding hydrogens is 270 g/mol. The lowest BCUT2D eigenvalue weighted by Gasteiger charge is -2.26. The summed E-state index contributed by atoms with van der Waals surface area (Å²) >= 11 is 0. The molecule has 2 N–H and O–H groups in total. The number of hydrogen-bond acceptors (Lipinski definition) is 2. The summed E-state index contributed by atoms with van der Waals surface area (Å²) in [5, 5.41) is 18.8. The molecule has 0 aliphatic rings. The molecule has 2 aromatic carbocycles. The van der Waals surface area contributed by atoms with Crippen LogP contribution in [0.25, 0.3) is 0 Å². The van der Waals surface area contributed by atoms with Crippen molar-refractivity contribution in [2.45, 2.75) is 12.6 Å². The molecule has 2 rings (SSSR count). The van der Waals surface area contributed by atoms with E-state index in [1.807, 2.05) is 6.07 Å². The summed E-state index contributed by atoms with van der Waals surface area (Å²) in [4.78, 5) is 23.9. The SMILES string of the molecule is O=C(O)[C@H](c1ccccc1)N(Cc1ccccc1)C(=O)O. The molecular formula is C16H15NO4. The number of nitrogens with zero attached hydrogens (tertiary/aromatic N) is 1. The molecule has 0 radical (unpaired) electrons. The fourth-order valence-electron chi connectivity index (χ4n) is 2.14. The molecule has 0 saturated heterocycles. The number of carboxylic acids is 1. The second kappa shape index (κ2) is 6.56. The molecule has 0 heterocycles. The maximum Gasteiger partial charge on any atom is 0.408 e. The number of amides is 1. The molecule has 0 aliphatic heterocycles. The van der Waals surface area contributed by atoms with Crippen LogP contribution in [0.2, 0.25) is 0 Å². The summed E-state index contributed by atoms with van der Waals surface area (Å²) in [5.74, 6) is -1.19. The molecule has 0 aliphatic carbocycles.